The lowest BCUT2D eigenvalue weighted by molar-refractivity contribution is 0.161. The molecule has 0 saturated heterocycles. The highest BCUT2D eigenvalue weighted by atomic mass is 35.5. The zero-order valence-corrected chi connectivity index (χ0v) is 14.7. The van der Waals surface area contributed by atoms with Gasteiger partial charge in [0.15, 0.2) is 5.82 Å². The number of carbonyl (C=O) groups excluding carboxylic acids is 1. The third-order valence-electron chi connectivity index (χ3n) is 3.86. The van der Waals surface area contributed by atoms with Crippen molar-refractivity contribution in [3.63, 3.8) is 0 Å². The first kappa shape index (κ1) is 18.9. The van der Waals surface area contributed by atoms with E-state index in [1.807, 2.05) is 0 Å². The molecule has 2 heterocycles. The van der Waals surface area contributed by atoms with Gasteiger partial charge in [-0.05, 0) is 29.4 Å². The molecule has 0 saturated carbocycles. The molecule has 2 atom stereocenters. The number of carbonyl (C=O) groups is 1. The number of rotatable bonds is 4. The molecule has 2 aromatic heterocycles. The van der Waals surface area contributed by atoms with Crippen molar-refractivity contribution < 1.29 is 23.3 Å². The Morgan fingerprint density at radius 1 is 1.48 bits per heavy atom. The minimum Gasteiger partial charge on any atom is -0.340 e. The molecular weight excluding hydrogens is 384 g/mol. The number of hydrogen-bond donors (Lipinski definition) is 3. The van der Waals surface area contributed by atoms with Gasteiger partial charge in [-0.2, -0.15) is 4.98 Å². The summed E-state index contributed by atoms with van der Waals surface area (Å²) in [6, 6.07) is 0.245. The molecule has 142 valence electrons. The van der Waals surface area contributed by atoms with Gasteiger partial charge in [0.05, 0.1) is 18.2 Å². The lowest BCUT2D eigenvalue weighted by Gasteiger charge is -2.23. The molecule has 2 amide bonds. The molecule has 1 aliphatic carbocycles. The van der Waals surface area contributed by atoms with E-state index < -0.39 is 23.9 Å². The third-order valence-corrected chi connectivity index (χ3v) is 4.09. The fourth-order valence-electron chi connectivity index (χ4n) is 2.65. The topological polar surface area (TPSA) is 113 Å². The quantitative estimate of drug-likeness (QED) is 0.540. The minimum atomic E-state index is -1.54. The molecule has 1 aliphatic rings. The summed E-state index contributed by atoms with van der Waals surface area (Å²) in [5.74, 6) is -1.28. The summed E-state index contributed by atoms with van der Waals surface area (Å²) < 4.78 is 33.9. The first-order valence-electron chi connectivity index (χ1n) is 7.75. The molecule has 2 unspecified atom stereocenters. The van der Waals surface area contributed by atoms with Crippen LogP contribution >= 0.6 is 11.6 Å². The lowest BCUT2D eigenvalue weighted by Crippen LogP contribution is -2.33. The van der Waals surface area contributed by atoms with Crippen LogP contribution in [0.25, 0.3) is 5.57 Å². The van der Waals surface area contributed by atoms with E-state index in [0.29, 0.717) is 5.57 Å². The molecule has 0 aromatic carbocycles. The highest BCUT2D eigenvalue weighted by molar-refractivity contribution is 6.32. The van der Waals surface area contributed by atoms with Crippen LogP contribution in [0, 0.1) is 12.7 Å². The van der Waals surface area contributed by atoms with Crippen LogP contribution in [0.3, 0.4) is 0 Å². The number of aromatic nitrogens is 3. The molecule has 2 aromatic rings. The number of hydrogen-bond acceptors (Lipinski definition) is 6. The summed E-state index contributed by atoms with van der Waals surface area (Å²) in [6.45, 7) is 1.32. The maximum Gasteiger partial charge on any atom is 0.338 e. The van der Waals surface area contributed by atoms with Crippen molar-refractivity contribution >= 4 is 23.2 Å². The van der Waals surface area contributed by atoms with E-state index in [4.69, 9.17) is 21.3 Å². The summed E-state index contributed by atoms with van der Waals surface area (Å²) in [4.78, 5) is 19.0. The Labute approximate surface area is 156 Å². The average molecular weight is 398 g/mol. The van der Waals surface area contributed by atoms with E-state index >= 15 is 0 Å². The number of amides is 2. The van der Waals surface area contributed by atoms with E-state index in [9.17, 15) is 13.6 Å². The Morgan fingerprint density at radius 3 is 2.89 bits per heavy atom. The SMILES string of the molecule is Cc1nc(C2C(c3cnc(CNC(=O)NO)c(F)c3)=CC(Cl)=CC2F)no1. The zero-order chi connectivity index (χ0) is 19.6. The van der Waals surface area contributed by atoms with Crippen LogP contribution in [0.4, 0.5) is 13.6 Å². The molecule has 0 radical (unpaired) electrons. The summed E-state index contributed by atoms with van der Waals surface area (Å²) in [5, 5.41) is 14.5. The van der Waals surface area contributed by atoms with Gasteiger partial charge in [-0.15, -0.1) is 0 Å². The van der Waals surface area contributed by atoms with Crippen LogP contribution in [-0.4, -0.2) is 32.5 Å². The van der Waals surface area contributed by atoms with Crippen LogP contribution in [0.15, 0.2) is 34.0 Å². The number of nitrogens with one attached hydrogen (secondary N) is 2. The van der Waals surface area contributed by atoms with E-state index in [0.717, 1.165) is 6.07 Å². The molecule has 0 fully saturated rings. The fourth-order valence-corrected chi connectivity index (χ4v) is 2.89. The Bertz CT molecular complexity index is 931. The van der Waals surface area contributed by atoms with Gasteiger partial charge in [0.25, 0.3) is 0 Å². The molecular formula is C16H14ClF2N5O3. The second-order valence-electron chi connectivity index (χ2n) is 5.69. The standard InChI is InChI=1S/C16H14ClF2N5O3/c1-7-22-15(24-27-7)14-10(3-9(17)4-12(14)19)8-2-11(18)13(20-5-8)6-21-16(25)23-26/h2-5,12,14,26H,6H2,1H3,(H2,21,23,25). The number of allylic oxidation sites excluding steroid dienone is 4. The molecule has 3 rings (SSSR count). The van der Waals surface area contributed by atoms with E-state index in [1.165, 1.54) is 23.8 Å². The van der Waals surface area contributed by atoms with E-state index in [-0.39, 0.29) is 34.5 Å². The zero-order valence-electron chi connectivity index (χ0n) is 13.9. The average Bonchev–Trinajstić information content (AvgIpc) is 3.05. The molecule has 8 nitrogen and oxygen atoms in total. The number of hydroxylamine groups is 1. The predicted molar refractivity (Wildman–Crippen MR) is 89.9 cm³/mol. The first-order valence-corrected chi connectivity index (χ1v) is 8.12. The number of alkyl halides is 1. The number of halogens is 3. The number of pyridine rings is 1. The Kier molecular flexibility index (Phi) is 5.47. The van der Waals surface area contributed by atoms with Crippen LogP contribution in [0.2, 0.25) is 0 Å². The van der Waals surface area contributed by atoms with Crippen molar-refractivity contribution in [2.24, 2.45) is 0 Å². The third kappa shape index (κ3) is 4.12. The normalized spacial score (nSPS) is 19.3. The van der Waals surface area contributed by atoms with Crippen molar-refractivity contribution in [2.45, 2.75) is 25.6 Å². The highest BCUT2D eigenvalue weighted by Crippen LogP contribution is 2.40. The highest BCUT2D eigenvalue weighted by Gasteiger charge is 2.33. The van der Waals surface area contributed by atoms with Gasteiger partial charge in [-0.3, -0.25) is 10.2 Å². The van der Waals surface area contributed by atoms with Crippen molar-refractivity contribution in [1.82, 2.24) is 25.9 Å². The smallest absolute Gasteiger partial charge is 0.338 e. The maximum atomic E-state index is 14.6. The molecule has 11 heteroatoms. The van der Waals surface area contributed by atoms with Gasteiger partial charge in [-0.25, -0.2) is 19.1 Å². The van der Waals surface area contributed by atoms with Crippen LogP contribution in [0.5, 0.6) is 0 Å². The lowest BCUT2D eigenvalue weighted by atomic mass is 9.85. The fraction of sp³-hybridized carbons (Fsp3) is 0.250. The second kappa shape index (κ2) is 7.80. The van der Waals surface area contributed by atoms with Gasteiger partial charge in [-0.1, -0.05) is 16.8 Å². The number of urea groups is 1. The number of nitrogens with zero attached hydrogens (tertiary/aromatic N) is 3. The van der Waals surface area contributed by atoms with Gasteiger partial charge >= 0.3 is 6.03 Å². The molecule has 27 heavy (non-hydrogen) atoms. The maximum absolute atomic E-state index is 14.6. The summed E-state index contributed by atoms with van der Waals surface area (Å²) in [6.07, 6.45) is 2.48. The Hall–Kier alpha value is -2.85. The van der Waals surface area contributed by atoms with Gasteiger partial charge in [0.2, 0.25) is 5.89 Å². The van der Waals surface area contributed by atoms with Crippen LogP contribution in [0.1, 0.15) is 28.9 Å². The Balaban J connectivity index is 1.93. The van der Waals surface area contributed by atoms with Crippen LogP contribution < -0.4 is 10.8 Å². The molecule has 0 bridgehead atoms. The molecule has 0 aliphatic heterocycles. The van der Waals surface area contributed by atoms with Crippen molar-refractivity contribution in [1.29, 1.82) is 0 Å². The summed E-state index contributed by atoms with van der Waals surface area (Å²) >= 11 is 5.97. The summed E-state index contributed by atoms with van der Waals surface area (Å²) in [5.41, 5.74) is 1.92. The summed E-state index contributed by atoms with van der Waals surface area (Å²) in [7, 11) is 0. The van der Waals surface area contributed by atoms with Gasteiger partial charge in [0, 0.05) is 18.2 Å². The predicted octanol–water partition coefficient (Wildman–Crippen LogP) is 2.74. The molecule has 3 N–H and O–H groups in total. The van der Waals surface area contributed by atoms with Gasteiger partial charge < -0.3 is 9.84 Å². The Morgan fingerprint density at radius 2 is 2.26 bits per heavy atom. The van der Waals surface area contributed by atoms with Crippen molar-refractivity contribution in [2.75, 3.05) is 0 Å². The second-order valence-corrected chi connectivity index (χ2v) is 6.13. The number of aryl methyl sites for hydroxylation is 1. The van der Waals surface area contributed by atoms with Crippen molar-refractivity contribution in [3.8, 4) is 0 Å². The van der Waals surface area contributed by atoms with Crippen LogP contribution in [-0.2, 0) is 6.54 Å². The largest absolute Gasteiger partial charge is 0.340 e. The minimum absolute atomic E-state index is 0.0656. The first-order chi connectivity index (χ1) is 12.9. The van der Waals surface area contributed by atoms with E-state index in [2.05, 4.69) is 20.4 Å². The van der Waals surface area contributed by atoms with Crippen molar-refractivity contribution in [3.05, 3.63) is 58.2 Å². The molecule has 0 spiro atoms. The van der Waals surface area contributed by atoms with E-state index in [1.54, 1.807) is 6.92 Å². The van der Waals surface area contributed by atoms with Gasteiger partial charge in [0.1, 0.15) is 12.0 Å². The monoisotopic (exact) mass is 397 g/mol.